The zero-order valence-electron chi connectivity index (χ0n) is 12.3. The van der Waals surface area contributed by atoms with Crippen LogP contribution in [0.1, 0.15) is 5.56 Å². The Bertz CT molecular complexity index is 837. The monoisotopic (exact) mass is 342 g/mol. The van der Waals surface area contributed by atoms with Crippen molar-refractivity contribution >= 4 is 45.5 Å². The number of halogens is 1. The summed E-state index contributed by atoms with van der Waals surface area (Å²) in [5, 5.41) is 9.36. The molecule has 0 aliphatic rings. The number of rotatable bonds is 4. The van der Waals surface area contributed by atoms with E-state index in [2.05, 4.69) is 50.9 Å². The second kappa shape index (κ2) is 7.35. The maximum absolute atomic E-state index is 5.93. The fourth-order valence-corrected chi connectivity index (χ4v) is 2.62. The maximum atomic E-state index is 5.93. The van der Waals surface area contributed by atoms with Crippen molar-refractivity contribution in [2.75, 3.05) is 11.9 Å². The van der Waals surface area contributed by atoms with Crippen molar-refractivity contribution in [3.8, 4) is 0 Å². The average Bonchev–Trinajstić information content (AvgIpc) is 2.57. The molecular weight excluding hydrogens is 328 g/mol. The molecule has 0 unspecified atom stereocenters. The Morgan fingerprint density at radius 3 is 2.65 bits per heavy atom. The van der Waals surface area contributed by atoms with Crippen molar-refractivity contribution in [3.05, 3.63) is 65.6 Å². The molecule has 3 aromatic rings. The third-order valence-electron chi connectivity index (χ3n) is 3.40. The number of nitrogens with zero attached hydrogens (tertiary/aromatic N) is 2. The molecule has 0 fully saturated rings. The molecule has 0 aliphatic heterocycles. The minimum Gasteiger partial charge on any atom is -0.362 e. The van der Waals surface area contributed by atoms with E-state index >= 15 is 0 Å². The highest BCUT2D eigenvalue weighted by molar-refractivity contribution is 7.80. The molecule has 1 aromatic heterocycles. The van der Waals surface area contributed by atoms with E-state index in [0.29, 0.717) is 16.1 Å². The summed E-state index contributed by atoms with van der Waals surface area (Å²) in [5.74, 6) is 0.456. The Labute approximate surface area is 144 Å². The molecule has 0 aliphatic carbocycles. The molecule has 116 valence electrons. The second-order valence-corrected chi connectivity index (χ2v) is 5.77. The molecule has 2 aromatic carbocycles. The minimum absolute atomic E-state index is 0.297. The first-order valence-corrected chi connectivity index (χ1v) is 8.00. The lowest BCUT2D eigenvalue weighted by molar-refractivity contribution is 0.874. The van der Waals surface area contributed by atoms with Crippen LogP contribution < -0.4 is 10.6 Å². The van der Waals surface area contributed by atoms with Crippen LogP contribution in [0.2, 0.25) is 5.15 Å². The predicted octanol–water partition coefficient (Wildman–Crippen LogP) is 3.81. The van der Waals surface area contributed by atoms with Gasteiger partial charge in [-0.3, -0.25) is 0 Å². The summed E-state index contributed by atoms with van der Waals surface area (Å²) in [6, 6.07) is 14.8. The maximum Gasteiger partial charge on any atom is 0.172 e. The van der Waals surface area contributed by atoms with Crippen molar-refractivity contribution in [3.63, 3.8) is 0 Å². The van der Waals surface area contributed by atoms with Gasteiger partial charge in [0.15, 0.2) is 16.1 Å². The Morgan fingerprint density at radius 2 is 1.83 bits per heavy atom. The molecule has 3 rings (SSSR count). The zero-order chi connectivity index (χ0) is 16.1. The summed E-state index contributed by atoms with van der Waals surface area (Å²) in [4.78, 5) is 8.03. The van der Waals surface area contributed by atoms with Crippen LogP contribution in [0.25, 0.3) is 10.8 Å². The highest BCUT2D eigenvalue weighted by Crippen LogP contribution is 2.16. The van der Waals surface area contributed by atoms with Crippen molar-refractivity contribution < 1.29 is 0 Å². The lowest BCUT2D eigenvalue weighted by Gasteiger charge is -2.10. The zero-order valence-corrected chi connectivity index (χ0v) is 13.9. The molecule has 0 amide bonds. The standard InChI is InChI=1S/C17H15ClN4S/c18-15-16(20-10-9-19-15)22-17(23)21-8-7-12-5-6-13-3-1-2-4-14(13)11-12/h1-6,9-11H,7-8H2,(H2,20,21,22,23). The van der Waals surface area contributed by atoms with Gasteiger partial charge in [-0.2, -0.15) is 0 Å². The van der Waals surface area contributed by atoms with E-state index in [1.54, 1.807) is 6.20 Å². The van der Waals surface area contributed by atoms with Crippen LogP contribution in [-0.2, 0) is 6.42 Å². The van der Waals surface area contributed by atoms with Gasteiger partial charge in [0, 0.05) is 18.9 Å². The SMILES string of the molecule is S=C(NCCc1ccc2ccccc2c1)Nc1nccnc1Cl. The molecule has 23 heavy (non-hydrogen) atoms. The lowest BCUT2D eigenvalue weighted by atomic mass is 10.1. The van der Waals surface area contributed by atoms with Gasteiger partial charge >= 0.3 is 0 Å². The molecule has 0 atom stereocenters. The van der Waals surface area contributed by atoms with Crippen LogP contribution in [0.5, 0.6) is 0 Å². The largest absolute Gasteiger partial charge is 0.362 e. The van der Waals surface area contributed by atoms with E-state index < -0.39 is 0 Å². The van der Waals surface area contributed by atoms with Crippen LogP contribution in [0.4, 0.5) is 5.82 Å². The predicted molar refractivity (Wildman–Crippen MR) is 98.9 cm³/mol. The van der Waals surface area contributed by atoms with Gasteiger partial charge in [-0.15, -0.1) is 0 Å². The third kappa shape index (κ3) is 4.15. The minimum atomic E-state index is 0.297. The first-order chi connectivity index (χ1) is 11.2. The fourth-order valence-electron chi connectivity index (χ4n) is 2.27. The summed E-state index contributed by atoms with van der Waals surface area (Å²) < 4.78 is 0. The summed E-state index contributed by atoms with van der Waals surface area (Å²) in [7, 11) is 0. The van der Waals surface area contributed by atoms with Crippen LogP contribution >= 0.6 is 23.8 Å². The van der Waals surface area contributed by atoms with E-state index in [4.69, 9.17) is 23.8 Å². The second-order valence-electron chi connectivity index (χ2n) is 5.01. The first-order valence-electron chi connectivity index (χ1n) is 7.21. The van der Waals surface area contributed by atoms with Gasteiger partial charge in [0.1, 0.15) is 0 Å². The van der Waals surface area contributed by atoms with Crippen LogP contribution in [0.3, 0.4) is 0 Å². The number of nitrogens with one attached hydrogen (secondary N) is 2. The number of anilines is 1. The van der Waals surface area contributed by atoms with E-state index in [0.717, 1.165) is 13.0 Å². The number of thiocarbonyl (C=S) groups is 1. The molecule has 1 heterocycles. The smallest absolute Gasteiger partial charge is 0.172 e. The molecule has 0 spiro atoms. The van der Waals surface area contributed by atoms with Gasteiger partial charge < -0.3 is 10.6 Å². The van der Waals surface area contributed by atoms with Gasteiger partial charge in [-0.25, -0.2) is 9.97 Å². The molecule has 4 nitrogen and oxygen atoms in total. The Morgan fingerprint density at radius 1 is 1.04 bits per heavy atom. The van der Waals surface area contributed by atoms with Crippen molar-refractivity contribution in [2.24, 2.45) is 0 Å². The summed E-state index contributed by atoms with van der Waals surface area (Å²) in [5.41, 5.74) is 1.26. The van der Waals surface area contributed by atoms with Gasteiger partial charge in [-0.05, 0) is 35.0 Å². The molecule has 0 bridgehead atoms. The fraction of sp³-hybridized carbons (Fsp3) is 0.118. The van der Waals surface area contributed by atoms with Gasteiger partial charge in [0.25, 0.3) is 0 Å². The lowest BCUT2D eigenvalue weighted by Crippen LogP contribution is -2.30. The Balaban J connectivity index is 1.54. The van der Waals surface area contributed by atoms with E-state index in [1.165, 1.54) is 22.5 Å². The van der Waals surface area contributed by atoms with Crippen molar-refractivity contribution in [1.29, 1.82) is 0 Å². The van der Waals surface area contributed by atoms with Crippen LogP contribution in [-0.4, -0.2) is 21.6 Å². The number of fused-ring (bicyclic) bond motifs is 1. The Kier molecular flexibility index (Phi) is 5.00. The molecule has 0 saturated heterocycles. The summed E-state index contributed by atoms with van der Waals surface area (Å²) in [6.07, 6.45) is 3.97. The van der Waals surface area contributed by atoms with Gasteiger partial charge in [-0.1, -0.05) is 54.1 Å². The highest BCUT2D eigenvalue weighted by Gasteiger charge is 2.04. The van der Waals surface area contributed by atoms with E-state index in [9.17, 15) is 0 Å². The number of hydrogen-bond donors (Lipinski definition) is 2. The van der Waals surface area contributed by atoms with Crippen molar-refractivity contribution in [2.45, 2.75) is 6.42 Å². The van der Waals surface area contributed by atoms with E-state index in [1.807, 2.05) is 12.1 Å². The topological polar surface area (TPSA) is 49.8 Å². The molecule has 6 heteroatoms. The number of benzene rings is 2. The highest BCUT2D eigenvalue weighted by atomic mass is 35.5. The molecule has 0 radical (unpaired) electrons. The van der Waals surface area contributed by atoms with Crippen LogP contribution in [0, 0.1) is 0 Å². The number of hydrogen-bond acceptors (Lipinski definition) is 3. The van der Waals surface area contributed by atoms with Gasteiger partial charge in [0.2, 0.25) is 0 Å². The van der Waals surface area contributed by atoms with Crippen molar-refractivity contribution in [1.82, 2.24) is 15.3 Å². The third-order valence-corrected chi connectivity index (χ3v) is 3.92. The summed E-state index contributed by atoms with van der Waals surface area (Å²) in [6.45, 7) is 0.724. The first kappa shape index (κ1) is 15.6. The number of aromatic nitrogens is 2. The molecule has 2 N–H and O–H groups in total. The van der Waals surface area contributed by atoms with E-state index in [-0.39, 0.29) is 0 Å². The van der Waals surface area contributed by atoms with Crippen LogP contribution in [0.15, 0.2) is 54.9 Å². The summed E-state index contributed by atoms with van der Waals surface area (Å²) >= 11 is 11.2. The quantitative estimate of drug-likeness (QED) is 0.706. The average molecular weight is 343 g/mol. The molecular formula is C17H15ClN4S. The normalized spacial score (nSPS) is 10.5. The van der Waals surface area contributed by atoms with Gasteiger partial charge in [0.05, 0.1) is 0 Å². The molecule has 0 saturated carbocycles. The Hall–Kier alpha value is -2.24.